The van der Waals surface area contributed by atoms with Gasteiger partial charge in [0.25, 0.3) is 0 Å². The van der Waals surface area contributed by atoms with Gasteiger partial charge in [-0.3, -0.25) is 13.8 Å². The summed E-state index contributed by atoms with van der Waals surface area (Å²) >= 11 is 0. The minimum Gasteiger partial charge on any atom is -0.481 e. The molecule has 0 saturated heterocycles. The fourth-order valence-electron chi connectivity index (χ4n) is 0.832. The van der Waals surface area contributed by atoms with E-state index in [1.807, 2.05) is 0 Å². The topological polar surface area (TPSA) is 97.5 Å². The molecule has 0 rings (SSSR count). The van der Waals surface area contributed by atoms with Crippen LogP contribution in [0.2, 0.25) is 0 Å². The molecular formula is C8H15NO4S. The summed E-state index contributed by atoms with van der Waals surface area (Å²) in [5.41, 5.74) is 5.00. The molecule has 3 unspecified atom stereocenters. The largest absolute Gasteiger partial charge is 0.481 e. The molecule has 14 heavy (non-hydrogen) atoms. The van der Waals surface area contributed by atoms with Gasteiger partial charge in [-0.05, 0) is 0 Å². The Hall–Kier alpha value is -0.910. The minimum atomic E-state index is -1.32. The lowest BCUT2D eigenvalue weighted by Gasteiger charge is -2.11. The van der Waals surface area contributed by atoms with Crippen molar-refractivity contribution in [3.63, 3.8) is 0 Å². The van der Waals surface area contributed by atoms with Crippen LogP contribution in [-0.2, 0) is 20.4 Å². The highest BCUT2D eigenvalue weighted by molar-refractivity contribution is 7.85. The summed E-state index contributed by atoms with van der Waals surface area (Å²) in [5, 5.41) is 8.00. The molecule has 0 aromatic carbocycles. The standard InChI is InChI=1S/C8H15NO4S/c1-5(8(9)12)4-14(13)6(2)3-7(10)11/h5-6H,3-4H2,1-2H3,(H2,9,12)(H,10,11). The fraction of sp³-hybridized carbons (Fsp3) is 0.750. The lowest BCUT2D eigenvalue weighted by molar-refractivity contribution is -0.136. The lowest BCUT2D eigenvalue weighted by atomic mass is 10.2. The first kappa shape index (κ1) is 13.1. The van der Waals surface area contributed by atoms with Crippen LogP contribution in [0, 0.1) is 5.92 Å². The molecule has 3 N–H and O–H groups in total. The smallest absolute Gasteiger partial charge is 0.304 e. The molecule has 0 heterocycles. The molecule has 0 aliphatic rings. The van der Waals surface area contributed by atoms with E-state index in [0.29, 0.717) is 0 Å². The van der Waals surface area contributed by atoms with E-state index in [0.717, 1.165) is 0 Å². The summed E-state index contributed by atoms with van der Waals surface area (Å²) in [6.07, 6.45) is -0.155. The Morgan fingerprint density at radius 3 is 2.29 bits per heavy atom. The summed E-state index contributed by atoms with van der Waals surface area (Å²) in [7, 11) is -1.32. The minimum absolute atomic E-state index is 0.129. The Balaban J connectivity index is 4.07. The van der Waals surface area contributed by atoms with Crippen molar-refractivity contribution in [3.8, 4) is 0 Å². The second kappa shape index (κ2) is 5.74. The molecule has 5 nitrogen and oxygen atoms in total. The van der Waals surface area contributed by atoms with Crippen LogP contribution in [0.15, 0.2) is 0 Å². The first-order valence-electron chi connectivity index (χ1n) is 4.22. The maximum absolute atomic E-state index is 11.4. The zero-order valence-electron chi connectivity index (χ0n) is 8.23. The highest BCUT2D eigenvalue weighted by Crippen LogP contribution is 2.06. The van der Waals surface area contributed by atoms with Crippen LogP contribution in [0.1, 0.15) is 20.3 Å². The Morgan fingerprint density at radius 1 is 1.43 bits per heavy atom. The van der Waals surface area contributed by atoms with Crippen LogP contribution in [0.25, 0.3) is 0 Å². The predicted molar refractivity (Wildman–Crippen MR) is 53.1 cm³/mol. The molecule has 0 aromatic rings. The third kappa shape index (κ3) is 4.96. The van der Waals surface area contributed by atoms with Crippen molar-refractivity contribution in [2.24, 2.45) is 11.7 Å². The van der Waals surface area contributed by atoms with E-state index in [2.05, 4.69) is 0 Å². The van der Waals surface area contributed by atoms with Gasteiger partial charge >= 0.3 is 5.97 Å². The summed E-state index contributed by atoms with van der Waals surface area (Å²) in [4.78, 5) is 21.0. The SMILES string of the molecule is CC(CS(=O)C(C)CC(=O)O)C(N)=O. The van der Waals surface area contributed by atoms with Crippen molar-refractivity contribution in [2.45, 2.75) is 25.5 Å². The number of primary amides is 1. The number of nitrogens with two attached hydrogens (primary N) is 1. The zero-order valence-corrected chi connectivity index (χ0v) is 9.04. The van der Waals surface area contributed by atoms with Gasteiger partial charge in [0.05, 0.1) is 6.42 Å². The lowest BCUT2D eigenvalue weighted by Crippen LogP contribution is -2.29. The van der Waals surface area contributed by atoms with E-state index in [-0.39, 0.29) is 12.2 Å². The number of aliphatic carboxylic acids is 1. The number of carbonyl (C=O) groups excluding carboxylic acids is 1. The first-order valence-corrected chi connectivity index (χ1v) is 5.61. The number of rotatable bonds is 6. The molecule has 0 aliphatic heterocycles. The predicted octanol–water partition coefficient (Wildman–Crippen LogP) is -0.280. The number of carboxylic acid groups (broad SMARTS) is 1. The molecule has 0 aromatic heterocycles. The zero-order chi connectivity index (χ0) is 11.3. The van der Waals surface area contributed by atoms with Crippen LogP contribution in [-0.4, -0.2) is 32.2 Å². The molecular weight excluding hydrogens is 206 g/mol. The maximum atomic E-state index is 11.4. The van der Waals surface area contributed by atoms with Gasteiger partial charge in [-0.15, -0.1) is 0 Å². The number of carbonyl (C=O) groups is 2. The van der Waals surface area contributed by atoms with Gasteiger partial charge in [-0.25, -0.2) is 0 Å². The van der Waals surface area contributed by atoms with Crippen molar-refractivity contribution in [2.75, 3.05) is 5.75 Å². The molecule has 0 radical (unpaired) electrons. The molecule has 6 heteroatoms. The first-order chi connectivity index (χ1) is 6.34. The van der Waals surface area contributed by atoms with Gasteiger partial charge in [0.1, 0.15) is 0 Å². The highest BCUT2D eigenvalue weighted by Gasteiger charge is 2.19. The number of hydrogen-bond acceptors (Lipinski definition) is 3. The van der Waals surface area contributed by atoms with E-state index in [4.69, 9.17) is 10.8 Å². The van der Waals surface area contributed by atoms with E-state index in [1.165, 1.54) is 0 Å². The molecule has 82 valence electrons. The molecule has 0 aliphatic carbocycles. The van der Waals surface area contributed by atoms with Crippen molar-refractivity contribution in [3.05, 3.63) is 0 Å². The molecule has 0 spiro atoms. The third-order valence-electron chi connectivity index (χ3n) is 1.81. The van der Waals surface area contributed by atoms with Gasteiger partial charge in [-0.1, -0.05) is 13.8 Å². The molecule has 0 bridgehead atoms. The monoisotopic (exact) mass is 221 g/mol. The molecule has 1 amide bonds. The fourth-order valence-corrected chi connectivity index (χ4v) is 2.15. The summed E-state index contributed by atoms with van der Waals surface area (Å²) in [5.74, 6) is -1.85. The number of hydrogen-bond donors (Lipinski definition) is 2. The van der Waals surface area contributed by atoms with Crippen molar-refractivity contribution >= 4 is 22.7 Å². The summed E-state index contributed by atoms with van der Waals surface area (Å²) in [6.45, 7) is 3.16. The summed E-state index contributed by atoms with van der Waals surface area (Å²) in [6, 6.07) is 0. The van der Waals surface area contributed by atoms with Crippen LogP contribution < -0.4 is 5.73 Å². The van der Waals surface area contributed by atoms with Gasteiger partial charge in [-0.2, -0.15) is 0 Å². The van der Waals surface area contributed by atoms with Crippen LogP contribution in [0.5, 0.6) is 0 Å². The molecule has 0 saturated carbocycles. The van der Waals surface area contributed by atoms with Gasteiger partial charge in [0.15, 0.2) is 0 Å². The number of carboxylic acids is 1. The average molecular weight is 221 g/mol. The quantitative estimate of drug-likeness (QED) is 0.644. The van der Waals surface area contributed by atoms with E-state index < -0.39 is 33.8 Å². The van der Waals surface area contributed by atoms with E-state index in [1.54, 1.807) is 13.8 Å². The molecule has 3 atom stereocenters. The van der Waals surface area contributed by atoms with Crippen molar-refractivity contribution in [1.82, 2.24) is 0 Å². The van der Waals surface area contributed by atoms with E-state index in [9.17, 15) is 13.8 Å². The van der Waals surface area contributed by atoms with E-state index >= 15 is 0 Å². The normalized spacial score (nSPS) is 17.0. The summed E-state index contributed by atoms with van der Waals surface area (Å²) < 4.78 is 11.4. The van der Waals surface area contributed by atoms with Gasteiger partial charge in [0.2, 0.25) is 5.91 Å². The van der Waals surface area contributed by atoms with Crippen LogP contribution in [0.4, 0.5) is 0 Å². The second-order valence-corrected chi connectivity index (χ2v) is 5.16. The third-order valence-corrected chi connectivity index (χ3v) is 3.70. The Morgan fingerprint density at radius 2 is 1.93 bits per heavy atom. The number of amides is 1. The van der Waals surface area contributed by atoms with Crippen molar-refractivity contribution in [1.29, 1.82) is 0 Å². The Kier molecular flexibility index (Phi) is 5.37. The van der Waals surface area contributed by atoms with Crippen LogP contribution in [0.3, 0.4) is 0 Å². The van der Waals surface area contributed by atoms with Gasteiger partial charge < -0.3 is 10.8 Å². The van der Waals surface area contributed by atoms with Crippen molar-refractivity contribution < 1.29 is 18.9 Å². The Labute approximate surface area is 85.1 Å². The van der Waals surface area contributed by atoms with Crippen LogP contribution >= 0.6 is 0 Å². The average Bonchev–Trinajstić information content (AvgIpc) is 2.02. The second-order valence-electron chi connectivity index (χ2n) is 3.26. The Bertz CT molecular complexity index is 254. The molecule has 0 fully saturated rings. The van der Waals surface area contributed by atoms with Gasteiger partial charge in [0, 0.05) is 27.7 Å². The maximum Gasteiger partial charge on any atom is 0.304 e. The highest BCUT2D eigenvalue weighted by atomic mass is 32.2.